The number of ketones is 1. The lowest BCUT2D eigenvalue weighted by molar-refractivity contribution is -0.124. The van der Waals surface area contributed by atoms with Crippen molar-refractivity contribution in [2.45, 2.75) is 26.9 Å². The van der Waals surface area contributed by atoms with E-state index in [0.717, 1.165) is 10.6 Å². The van der Waals surface area contributed by atoms with Crippen molar-refractivity contribution in [2.24, 2.45) is 0 Å². The topological polar surface area (TPSA) is 56.3 Å². The second-order valence-corrected chi connectivity index (χ2v) is 5.88. The molecule has 0 saturated carbocycles. The smallest absolute Gasteiger partial charge is 0.350 e. The first-order valence-electron chi connectivity index (χ1n) is 5.70. The summed E-state index contributed by atoms with van der Waals surface area (Å²) in [6.07, 6.45) is -0.724. The van der Waals surface area contributed by atoms with Gasteiger partial charge in [0.25, 0.3) is 0 Å². The van der Waals surface area contributed by atoms with Gasteiger partial charge < -0.3 is 4.74 Å². The van der Waals surface area contributed by atoms with Gasteiger partial charge in [0.1, 0.15) is 9.88 Å². The molecule has 2 rings (SSSR count). The van der Waals surface area contributed by atoms with E-state index in [4.69, 9.17) is 4.74 Å². The van der Waals surface area contributed by atoms with E-state index in [9.17, 15) is 9.59 Å². The highest BCUT2D eigenvalue weighted by Gasteiger charge is 2.21. The maximum atomic E-state index is 12.0. The monoisotopic (exact) mass is 295 g/mol. The van der Waals surface area contributed by atoms with Crippen LogP contribution in [0.4, 0.5) is 0 Å². The lowest BCUT2D eigenvalue weighted by atomic mass is 10.3. The fourth-order valence-corrected chi connectivity index (χ4v) is 3.05. The number of aryl methyl sites for hydroxylation is 1. The number of thiophene rings is 1. The Balaban J connectivity index is 2.21. The van der Waals surface area contributed by atoms with E-state index in [2.05, 4.69) is 4.98 Å². The second-order valence-electron chi connectivity index (χ2n) is 4.10. The Labute approximate surface area is 119 Å². The van der Waals surface area contributed by atoms with Gasteiger partial charge in [-0.2, -0.15) is 11.3 Å². The van der Waals surface area contributed by atoms with Gasteiger partial charge in [-0.3, -0.25) is 4.79 Å². The zero-order valence-electron chi connectivity index (χ0n) is 10.8. The fraction of sp³-hybridized carbons (Fsp3) is 0.308. The molecule has 6 heteroatoms. The van der Waals surface area contributed by atoms with Gasteiger partial charge in [-0.25, -0.2) is 9.78 Å². The molecule has 19 heavy (non-hydrogen) atoms. The summed E-state index contributed by atoms with van der Waals surface area (Å²) in [4.78, 5) is 27.9. The van der Waals surface area contributed by atoms with Crippen molar-refractivity contribution in [3.8, 4) is 10.6 Å². The molecule has 0 N–H and O–H groups in total. The number of Topliss-reactive ketones (excluding diaryl/α,β-unsaturated/α-hetero) is 1. The van der Waals surface area contributed by atoms with Crippen LogP contribution in [0.1, 0.15) is 29.2 Å². The summed E-state index contributed by atoms with van der Waals surface area (Å²) in [5, 5.41) is 4.73. The Bertz CT molecular complexity index is 601. The van der Waals surface area contributed by atoms with Crippen LogP contribution in [0, 0.1) is 6.92 Å². The highest BCUT2D eigenvalue weighted by molar-refractivity contribution is 7.17. The maximum Gasteiger partial charge on any atom is 0.350 e. The van der Waals surface area contributed by atoms with Crippen LogP contribution in [0.25, 0.3) is 10.6 Å². The number of hydrogen-bond acceptors (Lipinski definition) is 6. The van der Waals surface area contributed by atoms with Crippen LogP contribution >= 0.6 is 22.7 Å². The van der Waals surface area contributed by atoms with E-state index in [0.29, 0.717) is 10.6 Å². The van der Waals surface area contributed by atoms with Crippen LogP contribution in [0.5, 0.6) is 0 Å². The van der Waals surface area contributed by atoms with Crippen molar-refractivity contribution < 1.29 is 14.3 Å². The molecule has 0 aliphatic heterocycles. The Morgan fingerprint density at radius 2 is 2.16 bits per heavy atom. The Morgan fingerprint density at radius 3 is 2.74 bits per heavy atom. The van der Waals surface area contributed by atoms with Gasteiger partial charge in [0.2, 0.25) is 0 Å². The molecule has 2 aromatic heterocycles. The summed E-state index contributed by atoms with van der Waals surface area (Å²) >= 11 is 2.87. The molecule has 0 aromatic carbocycles. The lowest BCUT2D eigenvalue weighted by Crippen LogP contribution is -2.21. The van der Waals surface area contributed by atoms with E-state index in [1.807, 2.05) is 16.8 Å². The van der Waals surface area contributed by atoms with Gasteiger partial charge >= 0.3 is 5.97 Å². The predicted molar refractivity (Wildman–Crippen MR) is 75.7 cm³/mol. The minimum Gasteiger partial charge on any atom is -0.450 e. The molecule has 0 aliphatic carbocycles. The SMILES string of the molecule is CC(=O)C(C)OC(=O)c1sc(-c2ccsc2)nc1C. The highest BCUT2D eigenvalue weighted by Crippen LogP contribution is 2.29. The van der Waals surface area contributed by atoms with Crippen molar-refractivity contribution in [2.75, 3.05) is 0 Å². The summed E-state index contributed by atoms with van der Waals surface area (Å²) in [6, 6.07) is 1.95. The summed E-state index contributed by atoms with van der Waals surface area (Å²) in [5.41, 5.74) is 1.63. The standard InChI is InChI=1S/C13H13NO3S2/c1-7-11(13(16)17-9(3)8(2)15)19-12(14-7)10-4-5-18-6-10/h4-6,9H,1-3H3. The quantitative estimate of drug-likeness (QED) is 0.812. The molecule has 0 aliphatic rings. The minimum absolute atomic E-state index is 0.173. The van der Waals surface area contributed by atoms with E-state index in [1.165, 1.54) is 18.3 Å². The van der Waals surface area contributed by atoms with Crippen LogP contribution in [-0.2, 0) is 9.53 Å². The first-order valence-corrected chi connectivity index (χ1v) is 7.46. The molecule has 0 radical (unpaired) electrons. The van der Waals surface area contributed by atoms with Crippen molar-refractivity contribution in [3.63, 3.8) is 0 Å². The minimum atomic E-state index is -0.724. The molecule has 1 unspecified atom stereocenters. The molecule has 0 spiro atoms. The van der Waals surface area contributed by atoms with E-state index in [-0.39, 0.29) is 5.78 Å². The fourth-order valence-electron chi connectivity index (χ4n) is 1.39. The molecule has 0 amide bonds. The zero-order chi connectivity index (χ0) is 14.0. The number of ether oxygens (including phenoxy) is 1. The molecule has 4 nitrogen and oxygen atoms in total. The van der Waals surface area contributed by atoms with Crippen molar-refractivity contribution in [1.82, 2.24) is 4.98 Å². The Morgan fingerprint density at radius 1 is 1.42 bits per heavy atom. The Kier molecular flexibility index (Phi) is 4.11. The van der Waals surface area contributed by atoms with Crippen LogP contribution < -0.4 is 0 Å². The third-order valence-electron chi connectivity index (χ3n) is 2.61. The van der Waals surface area contributed by atoms with Crippen LogP contribution in [0.2, 0.25) is 0 Å². The van der Waals surface area contributed by atoms with E-state index in [1.54, 1.807) is 25.2 Å². The third-order valence-corrected chi connectivity index (χ3v) is 4.48. The molecular weight excluding hydrogens is 282 g/mol. The lowest BCUT2D eigenvalue weighted by Gasteiger charge is -2.08. The number of nitrogens with zero attached hydrogens (tertiary/aromatic N) is 1. The van der Waals surface area contributed by atoms with Crippen LogP contribution in [-0.4, -0.2) is 22.8 Å². The molecule has 100 valence electrons. The van der Waals surface area contributed by atoms with Gasteiger partial charge in [-0.05, 0) is 32.2 Å². The van der Waals surface area contributed by atoms with Gasteiger partial charge in [-0.1, -0.05) is 0 Å². The average molecular weight is 295 g/mol. The summed E-state index contributed by atoms with van der Waals surface area (Å²) < 4.78 is 5.09. The molecule has 2 heterocycles. The summed E-state index contributed by atoms with van der Waals surface area (Å²) in [6.45, 7) is 4.73. The van der Waals surface area contributed by atoms with Crippen LogP contribution in [0.3, 0.4) is 0 Å². The highest BCUT2D eigenvalue weighted by atomic mass is 32.1. The number of esters is 1. The number of carbonyl (C=O) groups excluding carboxylic acids is 2. The number of rotatable bonds is 4. The summed E-state index contributed by atoms with van der Waals surface area (Å²) in [5.74, 6) is -0.659. The normalized spacial score (nSPS) is 12.2. The number of hydrogen-bond donors (Lipinski definition) is 0. The van der Waals surface area contributed by atoms with E-state index < -0.39 is 12.1 Å². The van der Waals surface area contributed by atoms with Crippen molar-refractivity contribution >= 4 is 34.4 Å². The van der Waals surface area contributed by atoms with Gasteiger partial charge in [0.15, 0.2) is 11.9 Å². The molecule has 1 atom stereocenters. The summed E-state index contributed by atoms with van der Waals surface area (Å²) in [7, 11) is 0. The Hall–Kier alpha value is -1.53. The van der Waals surface area contributed by atoms with Crippen molar-refractivity contribution in [3.05, 3.63) is 27.4 Å². The van der Waals surface area contributed by atoms with E-state index >= 15 is 0 Å². The average Bonchev–Trinajstić information content (AvgIpc) is 2.96. The first-order chi connectivity index (χ1) is 8.99. The third kappa shape index (κ3) is 3.08. The second kappa shape index (κ2) is 5.63. The van der Waals surface area contributed by atoms with Gasteiger partial charge in [0.05, 0.1) is 5.69 Å². The number of thiazole rings is 1. The van der Waals surface area contributed by atoms with Gasteiger partial charge in [-0.15, -0.1) is 11.3 Å². The molecule has 0 bridgehead atoms. The molecular formula is C13H13NO3S2. The molecule has 0 saturated heterocycles. The largest absolute Gasteiger partial charge is 0.450 e. The number of carbonyl (C=O) groups is 2. The van der Waals surface area contributed by atoms with Gasteiger partial charge in [0, 0.05) is 10.9 Å². The van der Waals surface area contributed by atoms with Crippen LogP contribution in [0.15, 0.2) is 16.8 Å². The molecule has 0 fully saturated rings. The first kappa shape index (κ1) is 13.9. The molecule has 2 aromatic rings. The maximum absolute atomic E-state index is 12.0. The predicted octanol–water partition coefficient (Wildman–Crippen LogP) is 3.31. The zero-order valence-corrected chi connectivity index (χ0v) is 12.4. The number of aromatic nitrogens is 1. The van der Waals surface area contributed by atoms with Crippen molar-refractivity contribution in [1.29, 1.82) is 0 Å².